The van der Waals surface area contributed by atoms with Gasteiger partial charge in [-0.3, -0.25) is 19.7 Å². The molecule has 31 heavy (non-hydrogen) atoms. The molecule has 0 bridgehead atoms. The molecule has 2 N–H and O–H groups in total. The monoisotopic (exact) mass is 426 g/mol. The third-order valence-electron chi connectivity index (χ3n) is 4.82. The summed E-state index contributed by atoms with van der Waals surface area (Å²) >= 11 is 0. The number of carbonyl (C=O) groups is 3. The van der Waals surface area contributed by atoms with E-state index in [9.17, 15) is 24.5 Å². The average Bonchev–Trinajstić information content (AvgIpc) is 3.27. The summed E-state index contributed by atoms with van der Waals surface area (Å²) in [6, 6.07) is 13.9. The molecule has 1 saturated heterocycles. The first kappa shape index (κ1) is 21.8. The lowest BCUT2D eigenvalue weighted by Crippen LogP contribution is -2.47. The molecule has 1 aliphatic heterocycles. The maximum Gasteiger partial charge on any atom is 0.407 e. The number of nitro benzene ring substituents is 1. The van der Waals surface area contributed by atoms with Gasteiger partial charge in [-0.05, 0) is 30.5 Å². The van der Waals surface area contributed by atoms with E-state index in [4.69, 9.17) is 4.74 Å². The third kappa shape index (κ3) is 6.01. The van der Waals surface area contributed by atoms with E-state index in [-0.39, 0.29) is 24.7 Å². The minimum Gasteiger partial charge on any atom is -0.445 e. The van der Waals surface area contributed by atoms with Gasteiger partial charge in [0, 0.05) is 24.4 Å². The highest BCUT2D eigenvalue weighted by Gasteiger charge is 2.34. The molecule has 0 spiro atoms. The topological polar surface area (TPSA) is 131 Å². The molecule has 10 nitrogen and oxygen atoms in total. The average molecular weight is 426 g/mol. The van der Waals surface area contributed by atoms with Crippen LogP contribution >= 0.6 is 0 Å². The number of rotatable bonds is 7. The van der Waals surface area contributed by atoms with Crippen LogP contribution in [0.1, 0.15) is 18.4 Å². The maximum atomic E-state index is 12.6. The zero-order valence-corrected chi connectivity index (χ0v) is 16.7. The van der Waals surface area contributed by atoms with Crippen LogP contribution in [0.4, 0.5) is 16.2 Å². The van der Waals surface area contributed by atoms with Gasteiger partial charge in [0.15, 0.2) is 0 Å². The van der Waals surface area contributed by atoms with Gasteiger partial charge in [-0.15, -0.1) is 0 Å². The first-order valence-electron chi connectivity index (χ1n) is 9.73. The molecule has 1 aliphatic rings. The molecular weight excluding hydrogens is 404 g/mol. The smallest absolute Gasteiger partial charge is 0.407 e. The summed E-state index contributed by atoms with van der Waals surface area (Å²) in [6.45, 7) is 0.206. The highest BCUT2D eigenvalue weighted by Crippen LogP contribution is 2.21. The largest absolute Gasteiger partial charge is 0.445 e. The lowest BCUT2D eigenvalue weighted by Gasteiger charge is -2.24. The Labute approximate surface area is 178 Å². The van der Waals surface area contributed by atoms with Gasteiger partial charge in [-0.25, -0.2) is 4.79 Å². The summed E-state index contributed by atoms with van der Waals surface area (Å²) in [4.78, 5) is 48.6. The summed E-state index contributed by atoms with van der Waals surface area (Å²) in [5.74, 6) is -0.774. The molecule has 2 aromatic carbocycles. The molecule has 0 aliphatic carbocycles. The number of carbonyl (C=O) groups excluding carboxylic acids is 3. The molecule has 2 aromatic rings. The zero-order valence-electron chi connectivity index (χ0n) is 16.7. The van der Waals surface area contributed by atoms with Gasteiger partial charge in [0.05, 0.1) is 4.92 Å². The number of likely N-dealkylation sites (tertiary alicyclic amines) is 1. The van der Waals surface area contributed by atoms with E-state index in [1.165, 1.54) is 29.2 Å². The minimum absolute atomic E-state index is 0.0825. The first-order chi connectivity index (χ1) is 14.9. The predicted molar refractivity (Wildman–Crippen MR) is 111 cm³/mol. The van der Waals surface area contributed by atoms with Crippen LogP contribution in [-0.4, -0.2) is 46.9 Å². The number of nitrogens with zero attached hydrogens (tertiary/aromatic N) is 2. The van der Waals surface area contributed by atoms with Crippen molar-refractivity contribution >= 4 is 29.3 Å². The summed E-state index contributed by atoms with van der Waals surface area (Å²) in [6.07, 6.45) is 0.425. The Hall–Kier alpha value is -3.95. The van der Waals surface area contributed by atoms with E-state index in [0.29, 0.717) is 25.1 Å². The van der Waals surface area contributed by atoms with E-state index in [1.54, 1.807) is 0 Å². The second-order valence-corrected chi connectivity index (χ2v) is 6.95. The second kappa shape index (κ2) is 10.2. The minimum atomic E-state index is -0.719. The van der Waals surface area contributed by atoms with Gasteiger partial charge in [-0.1, -0.05) is 30.3 Å². The molecule has 10 heteroatoms. The van der Waals surface area contributed by atoms with Crippen molar-refractivity contribution in [3.8, 4) is 0 Å². The van der Waals surface area contributed by atoms with Gasteiger partial charge in [0.25, 0.3) is 5.69 Å². The molecule has 1 fully saturated rings. The Morgan fingerprint density at radius 2 is 1.81 bits per heavy atom. The van der Waals surface area contributed by atoms with E-state index in [0.717, 1.165) is 5.56 Å². The molecule has 3 rings (SSSR count). The Bertz CT molecular complexity index is 948. The SMILES string of the molecule is O=C(NCC(=O)N1CCC[C@@H]1C(=O)Nc1ccc([N+](=O)[O-])cc1)OCc1ccccc1. The van der Waals surface area contributed by atoms with Gasteiger partial charge in [-0.2, -0.15) is 0 Å². The number of hydrogen-bond acceptors (Lipinski definition) is 6. The number of non-ortho nitro benzene ring substituents is 1. The Morgan fingerprint density at radius 3 is 2.48 bits per heavy atom. The summed E-state index contributed by atoms with van der Waals surface area (Å²) in [5.41, 5.74) is 1.14. The maximum absolute atomic E-state index is 12.6. The summed E-state index contributed by atoms with van der Waals surface area (Å²) in [7, 11) is 0. The van der Waals surface area contributed by atoms with Crippen molar-refractivity contribution in [2.24, 2.45) is 0 Å². The molecule has 1 atom stereocenters. The third-order valence-corrected chi connectivity index (χ3v) is 4.82. The number of anilines is 1. The van der Waals surface area contributed by atoms with Crippen LogP contribution in [-0.2, 0) is 20.9 Å². The molecule has 0 saturated carbocycles. The van der Waals surface area contributed by atoms with E-state index < -0.39 is 23.0 Å². The number of nitrogens with one attached hydrogen (secondary N) is 2. The van der Waals surface area contributed by atoms with E-state index in [2.05, 4.69) is 10.6 Å². The summed E-state index contributed by atoms with van der Waals surface area (Å²) in [5, 5.41) is 15.8. The number of amides is 3. The first-order valence-corrected chi connectivity index (χ1v) is 9.73. The van der Waals surface area contributed by atoms with Crippen LogP contribution in [0.3, 0.4) is 0 Å². The van der Waals surface area contributed by atoms with Crippen molar-refractivity contribution in [1.29, 1.82) is 0 Å². The van der Waals surface area contributed by atoms with Crippen molar-refractivity contribution < 1.29 is 24.0 Å². The lowest BCUT2D eigenvalue weighted by molar-refractivity contribution is -0.384. The normalized spacial score (nSPS) is 15.2. The number of alkyl carbamates (subject to hydrolysis) is 1. The number of nitro groups is 1. The molecule has 0 unspecified atom stereocenters. The van der Waals surface area contributed by atoms with Gasteiger partial charge >= 0.3 is 6.09 Å². The van der Waals surface area contributed by atoms with Gasteiger partial charge < -0.3 is 20.3 Å². The van der Waals surface area contributed by atoms with E-state index in [1.807, 2.05) is 30.3 Å². The van der Waals surface area contributed by atoms with Crippen molar-refractivity contribution in [3.63, 3.8) is 0 Å². The molecule has 0 radical (unpaired) electrons. The molecule has 162 valence electrons. The fraction of sp³-hybridized carbons (Fsp3) is 0.286. The Balaban J connectivity index is 1.48. The molecular formula is C21H22N4O6. The van der Waals surface area contributed by atoms with Crippen molar-refractivity contribution in [2.45, 2.75) is 25.5 Å². The van der Waals surface area contributed by atoms with E-state index >= 15 is 0 Å². The quantitative estimate of drug-likeness (QED) is 0.516. The van der Waals surface area contributed by atoms with Crippen molar-refractivity contribution in [3.05, 3.63) is 70.3 Å². The van der Waals surface area contributed by atoms with Crippen molar-refractivity contribution in [1.82, 2.24) is 10.2 Å². The zero-order chi connectivity index (χ0) is 22.2. The second-order valence-electron chi connectivity index (χ2n) is 6.95. The van der Waals surface area contributed by atoms with Crippen LogP contribution in [0.2, 0.25) is 0 Å². The molecule has 3 amide bonds. The van der Waals surface area contributed by atoms with Gasteiger partial charge in [0.1, 0.15) is 19.2 Å². The van der Waals surface area contributed by atoms with Crippen LogP contribution in [0, 0.1) is 10.1 Å². The van der Waals surface area contributed by atoms with Crippen LogP contribution < -0.4 is 10.6 Å². The number of hydrogen-bond donors (Lipinski definition) is 2. The van der Waals surface area contributed by atoms with Crippen LogP contribution in [0.25, 0.3) is 0 Å². The standard InChI is InChI=1S/C21H22N4O6/c26-19(13-22-21(28)31-14-15-5-2-1-3-6-15)24-12-4-7-18(24)20(27)23-16-8-10-17(11-9-16)25(29)30/h1-3,5-6,8-11,18H,4,7,12-14H2,(H,22,28)(H,23,27)/t18-/m1/s1. The Morgan fingerprint density at radius 1 is 1.10 bits per heavy atom. The predicted octanol–water partition coefficient (Wildman–Crippen LogP) is 2.45. The molecule has 1 heterocycles. The lowest BCUT2D eigenvalue weighted by atomic mass is 10.2. The number of ether oxygens (including phenoxy) is 1. The van der Waals surface area contributed by atoms with Crippen LogP contribution in [0.15, 0.2) is 54.6 Å². The molecule has 0 aromatic heterocycles. The fourth-order valence-corrected chi connectivity index (χ4v) is 3.25. The highest BCUT2D eigenvalue weighted by atomic mass is 16.6. The number of benzene rings is 2. The summed E-state index contributed by atoms with van der Waals surface area (Å²) < 4.78 is 5.07. The van der Waals surface area contributed by atoms with Crippen molar-refractivity contribution in [2.75, 3.05) is 18.4 Å². The fourth-order valence-electron chi connectivity index (χ4n) is 3.25. The highest BCUT2D eigenvalue weighted by molar-refractivity contribution is 5.98. The Kier molecular flexibility index (Phi) is 7.15. The van der Waals surface area contributed by atoms with Crippen LogP contribution in [0.5, 0.6) is 0 Å². The van der Waals surface area contributed by atoms with Gasteiger partial charge in [0.2, 0.25) is 11.8 Å².